The van der Waals surface area contributed by atoms with Crippen LogP contribution in [0.1, 0.15) is 18.4 Å². The first-order valence-corrected chi connectivity index (χ1v) is 5.98. The second-order valence-electron chi connectivity index (χ2n) is 4.78. The average Bonchev–Trinajstić information content (AvgIpc) is 3.19. The van der Waals surface area contributed by atoms with E-state index >= 15 is 0 Å². The van der Waals surface area contributed by atoms with E-state index in [9.17, 15) is 9.90 Å². The number of hydrogen-bond acceptors (Lipinski definition) is 2. The zero-order valence-corrected chi connectivity index (χ0v) is 10.1. The molecule has 1 fully saturated rings. The third-order valence-corrected chi connectivity index (χ3v) is 3.76. The van der Waals surface area contributed by atoms with Gasteiger partial charge in [0.1, 0.15) is 5.75 Å². The summed E-state index contributed by atoms with van der Waals surface area (Å²) in [6, 6.07) is 11.6. The molecule has 0 aliphatic heterocycles. The van der Waals surface area contributed by atoms with Crippen LogP contribution in [-0.4, -0.2) is 18.2 Å². The molecular weight excluding hydrogens is 228 g/mol. The predicted molar refractivity (Wildman–Crippen MR) is 69.0 cm³/mol. The van der Waals surface area contributed by atoms with Gasteiger partial charge < -0.3 is 9.84 Å². The molecule has 3 nitrogen and oxygen atoms in total. The Bertz CT molecular complexity index is 627. The molecule has 2 aromatic rings. The quantitative estimate of drug-likeness (QED) is 0.900. The highest BCUT2D eigenvalue weighted by molar-refractivity contribution is 5.95. The summed E-state index contributed by atoms with van der Waals surface area (Å²) in [5, 5.41) is 11.5. The van der Waals surface area contributed by atoms with Crippen molar-refractivity contribution in [2.75, 3.05) is 7.11 Å². The Morgan fingerprint density at radius 1 is 1.28 bits per heavy atom. The lowest BCUT2D eigenvalue weighted by atomic mass is 9.91. The first-order valence-electron chi connectivity index (χ1n) is 5.98. The van der Waals surface area contributed by atoms with Gasteiger partial charge in [-0.25, -0.2) is 0 Å². The molecule has 0 aromatic heterocycles. The topological polar surface area (TPSA) is 46.5 Å². The fourth-order valence-electron chi connectivity index (χ4n) is 2.52. The van der Waals surface area contributed by atoms with Gasteiger partial charge in [-0.3, -0.25) is 4.79 Å². The lowest BCUT2D eigenvalue weighted by Crippen LogP contribution is -2.19. The Morgan fingerprint density at radius 2 is 2.06 bits per heavy atom. The second kappa shape index (κ2) is 3.73. The molecule has 0 atom stereocenters. The molecule has 0 unspecified atom stereocenters. The number of ether oxygens (including phenoxy) is 1. The van der Waals surface area contributed by atoms with E-state index < -0.39 is 11.4 Å². The maximum absolute atomic E-state index is 11.5. The van der Waals surface area contributed by atoms with E-state index in [-0.39, 0.29) is 0 Å². The number of methoxy groups -OCH3 is 1. The minimum absolute atomic E-state index is 0.675. The molecule has 0 radical (unpaired) electrons. The minimum atomic E-state index is -0.724. The van der Waals surface area contributed by atoms with E-state index in [1.807, 2.05) is 36.4 Å². The zero-order valence-electron chi connectivity index (χ0n) is 10.1. The van der Waals surface area contributed by atoms with Crippen molar-refractivity contribution in [1.29, 1.82) is 0 Å². The fraction of sp³-hybridized carbons (Fsp3) is 0.267. The van der Waals surface area contributed by atoms with Gasteiger partial charge in [0.05, 0.1) is 12.5 Å². The first-order chi connectivity index (χ1) is 8.67. The van der Waals surface area contributed by atoms with Gasteiger partial charge in [0.25, 0.3) is 0 Å². The van der Waals surface area contributed by atoms with Crippen molar-refractivity contribution in [2.45, 2.75) is 18.3 Å². The summed E-state index contributed by atoms with van der Waals surface area (Å²) >= 11 is 0. The van der Waals surface area contributed by atoms with Crippen LogP contribution in [0.15, 0.2) is 36.4 Å². The third kappa shape index (κ3) is 1.47. The monoisotopic (exact) mass is 242 g/mol. The number of hydrogen-bond donors (Lipinski definition) is 1. The van der Waals surface area contributed by atoms with Crippen LogP contribution in [0.3, 0.4) is 0 Å². The van der Waals surface area contributed by atoms with Crippen molar-refractivity contribution < 1.29 is 14.6 Å². The standard InChI is InChI=1S/C15H14O3/c1-18-11-6-5-10-3-2-4-13(12(10)9-11)15(7-8-15)14(16)17/h2-6,9H,7-8H2,1H3,(H,16,17). The van der Waals surface area contributed by atoms with E-state index in [0.29, 0.717) is 0 Å². The van der Waals surface area contributed by atoms with Crippen LogP contribution in [0.5, 0.6) is 5.75 Å². The Hall–Kier alpha value is -2.03. The van der Waals surface area contributed by atoms with E-state index in [4.69, 9.17) is 4.74 Å². The predicted octanol–water partition coefficient (Wildman–Crippen LogP) is 2.96. The Morgan fingerprint density at radius 3 is 2.67 bits per heavy atom. The summed E-state index contributed by atoms with van der Waals surface area (Å²) in [6.07, 6.45) is 1.44. The largest absolute Gasteiger partial charge is 0.497 e. The van der Waals surface area contributed by atoms with Gasteiger partial charge in [0.15, 0.2) is 0 Å². The molecule has 92 valence electrons. The van der Waals surface area contributed by atoms with Crippen LogP contribution in [0.4, 0.5) is 0 Å². The maximum Gasteiger partial charge on any atom is 0.314 e. The van der Waals surface area contributed by atoms with E-state index in [1.165, 1.54) is 0 Å². The van der Waals surface area contributed by atoms with Gasteiger partial charge in [-0.2, -0.15) is 0 Å². The van der Waals surface area contributed by atoms with Crippen LogP contribution in [0.2, 0.25) is 0 Å². The molecule has 1 N–H and O–H groups in total. The molecule has 2 aromatic carbocycles. The maximum atomic E-state index is 11.5. The minimum Gasteiger partial charge on any atom is -0.497 e. The summed E-state index contributed by atoms with van der Waals surface area (Å²) in [4.78, 5) is 11.5. The smallest absolute Gasteiger partial charge is 0.314 e. The van der Waals surface area contributed by atoms with E-state index in [1.54, 1.807) is 7.11 Å². The number of carboxylic acid groups (broad SMARTS) is 1. The highest BCUT2D eigenvalue weighted by Gasteiger charge is 2.52. The lowest BCUT2D eigenvalue weighted by Gasteiger charge is -2.14. The highest BCUT2D eigenvalue weighted by atomic mass is 16.5. The molecule has 18 heavy (non-hydrogen) atoms. The number of carboxylic acids is 1. The molecule has 0 bridgehead atoms. The van der Waals surface area contributed by atoms with Crippen LogP contribution < -0.4 is 4.74 Å². The van der Waals surface area contributed by atoms with Gasteiger partial charge in [-0.15, -0.1) is 0 Å². The van der Waals surface area contributed by atoms with Crippen LogP contribution in [0, 0.1) is 0 Å². The number of carbonyl (C=O) groups is 1. The Labute approximate surface area is 105 Å². The summed E-state index contributed by atoms with van der Waals surface area (Å²) in [5.41, 5.74) is 0.234. The van der Waals surface area contributed by atoms with Gasteiger partial charge in [0.2, 0.25) is 0 Å². The molecular formula is C15H14O3. The number of benzene rings is 2. The van der Waals surface area contributed by atoms with Gasteiger partial charge in [-0.05, 0) is 41.3 Å². The second-order valence-corrected chi connectivity index (χ2v) is 4.78. The summed E-state index contributed by atoms with van der Waals surface area (Å²) in [5.74, 6) is 0.0361. The number of fused-ring (bicyclic) bond motifs is 1. The van der Waals surface area contributed by atoms with Crippen LogP contribution in [0.25, 0.3) is 10.8 Å². The van der Waals surface area contributed by atoms with Crippen molar-refractivity contribution >= 4 is 16.7 Å². The molecule has 0 amide bonds. The normalized spacial score (nSPS) is 16.5. The molecule has 3 rings (SSSR count). The average molecular weight is 242 g/mol. The SMILES string of the molecule is COc1ccc2cccc(C3(C(=O)O)CC3)c2c1. The summed E-state index contributed by atoms with van der Waals surface area (Å²) in [6.45, 7) is 0. The first kappa shape index (κ1) is 11.1. The Kier molecular flexibility index (Phi) is 2.30. The van der Waals surface area contributed by atoms with E-state index in [2.05, 4.69) is 0 Å². The van der Waals surface area contributed by atoms with Gasteiger partial charge in [-0.1, -0.05) is 24.3 Å². The van der Waals surface area contributed by atoms with Gasteiger partial charge >= 0.3 is 5.97 Å². The van der Waals surface area contributed by atoms with E-state index in [0.717, 1.165) is 34.9 Å². The highest BCUT2D eigenvalue weighted by Crippen LogP contribution is 2.50. The number of rotatable bonds is 3. The number of aliphatic carboxylic acids is 1. The molecule has 1 aliphatic carbocycles. The molecule has 0 spiro atoms. The molecule has 1 saturated carbocycles. The van der Waals surface area contributed by atoms with Crippen molar-refractivity contribution in [3.05, 3.63) is 42.0 Å². The Balaban J connectivity index is 2.26. The molecule has 3 heteroatoms. The zero-order chi connectivity index (χ0) is 12.8. The third-order valence-electron chi connectivity index (χ3n) is 3.76. The van der Waals surface area contributed by atoms with Crippen molar-refractivity contribution in [3.8, 4) is 5.75 Å². The van der Waals surface area contributed by atoms with Crippen molar-refractivity contribution in [1.82, 2.24) is 0 Å². The van der Waals surface area contributed by atoms with Crippen molar-refractivity contribution in [3.63, 3.8) is 0 Å². The fourth-order valence-corrected chi connectivity index (χ4v) is 2.52. The summed E-state index contributed by atoms with van der Waals surface area (Å²) in [7, 11) is 1.62. The molecule has 0 heterocycles. The lowest BCUT2D eigenvalue weighted by molar-refractivity contribution is -0.139. The molecule has 0 saturated heterocycles. The van der Waals surface area contributed by atoms with Crippen LogP contribution in [-0.2, 0) is 10.2 Å². The van der Waals surface area contributed by atoms with Crippen molar-refractivity contribution in [2.24, 2.45) is 0 Å². The van der Waals surface area contributed by atoms with Gasteiger partial charge in [0, 0.05) is 0 Å². The molecule has 1 aliphatic rings. The summed E-state index contributed by atoms with van der Waals surface area (Å²) < 4.78 is 5.22. The van der Waals surface area contributed by atoms with Crippen LogP contribution >= 0.6 is 0 Å².